The highest BCUT2D eigenvalue weighted by atomic mass is 35.5. The number of nitrogens with one attached hydrogen (secondary N) is 1. The van der Waals surface area contributed by atoms with E-state index in [1.54, 1.807) is 21.9 Å². The van der Waals surface area contributed by atoms with E-state index in [1.807, 2.05) is 18.2 Å². The van der Waals surface area contributed by atoms with Gasteiger partial charge in [-0.15, -0.1) is 12.4 Å². The highest BCUT2D eigenvalue weighted by Crippen LogP contribution is 2.09. The number of benzene rings is 1. The molecule has 0 radical (unpaired) electrons. The number of hydrogen-bond acceptors (Lipinski definition) is 4. The van der Waals surface area contributed by atoms with E-state index in [-0.39, 0.29) is 43.1 Å². The zero-order valence-corrected chi connectivity index (χ0v) is 15.1. The molecule has 1 unspecified atom stereocenters. The largest absolute Gasteiger partial charge is 0.354 e. The van der Waals surface area contributed by atoms with Gasteiger partial charge in [-0.05, 0) is 5.56 Å². The summed E-state index contributed by atoms with van der Waals surface area (Å²) < 4.78 is 0. The monoisotopic (exact) mass is 368 g/mol. The van der Waals surface area contributed by atoms with Crippen molar-refractivity contribution in [3.8, 4) is 0 Å². The Kier molecular flexibility index (Phi) is 8.37. The summed E-state index contributed by atoms with van der Waals surface area (Å²) in [4.78, 5) is 38.9. The zero-order valence-electron chi connectivity index (χ0n) is 14.3. The topological polar surface area (TPSA) is 95.7 Å². The second-order valence-corrected chi connectivity index (χ2v) is 5.82. The van der Waals surface area contributed by atoms with Gasteiger partial charge < -0.3 is 20.9 Å². The lowest BCUT2D eigenvalue weighted by Crippen LogP contribution is -2.50. The Morgan fingerprint density at radius 2 is 1.64 bits per heavy atom. The summed E-state index contributed by atoms with van der Waals surface area (Å²) >= 11 is 0. The molecule has 1 heterocycles. The van der Waals surface area contributed by atoms with Crippen molar-refractivity contribution in [1.82, 2.24) is 15.1 Å². The minimum atomic E-state index is -0.736. The van der Waals surface area contributed by atoms with E-state index in [0.29, 0.717) is 26.2 Å². The van der Waals surface area contributed by atoms with Crippen LogP contribution in [0.1, 0.15) is 24.9 Å². The fraction of sp³-hybridized carbons (Fsp3) is 0.471. The highest BCUT2D eigenvalue weighted by molar-refractivity contribution is 5.85. The van der Waals surface area contributed by atoms with Crippen LogP contribution in [0, 0.1) is 0 Å². The maximum absolute atomic E-state index is 12.1. The van der Waals surface area contributed by atoms with Crippen molar-refractivity contribution in [3.05, 3.63) is 35.9 Å². The maximum atomic E-state index is 12.1. The van der Waals surface area contributed by atoms with Crippen LogP contribution in [0.2, 0.25) is 0 Å². The van der Waals surface area contributed by atoms with Gasteiger partial charge in [0.15, 0.2) is 0 Å². The molecule has 1 aromatic rings. The maximum Gasteiger partial charge on any atom is 0.241 e. The standard InChI is InChI=1S/C17H24N4O3.ClH/c1-13(22)20-9-11-21(12-10-20)15(23)7-8-19-17(24)16(18)14-5-3-2-4-6-14;/h2-6,16H,7-12,18H2,1H3,(H,19,24);1H. The molecule has 0 aromatic heterocycles. The Labute approximate surface area is 153 Å². The van der Waals surface area contributed by atoms with Gasteiger partial charge in [-0.3, -0.25) is 14.4 Å². The summed E-state index contributed by atoms with van der Waals surface area (Å²) in [6.45, 7) is 3.98. The number of carbonyl (C=O) groups excluding carboxylic acids is 3. The third-order valence-electron chi connectivity index (χ3n) is 4.16. The Morgan fingerprint density at radius 3 is 2.20 bits per heavy atom. The smallest absolute Gasteiger partial charge is 0.241 e. The first-order chi connectivity index (χ1) is 11.5. The molecule has 7 nitrogen and oxygen atoms in total. The van der Waals surface area contributed by atoms with E-state index in [9.17, 15) is 14.4 Å². The fourth-order valence-corrected chi connectivity index (χ4v) is 2.64. The first-order valence-electron chi connectivity index (χ1n) is 8.10. The van der Waals surface area contributed by atoms with Gasteiger partial charge in [0.25, 0.3) is 0 Å². The molecule has 1 saturated heterocycles. The molecule has 1 aliphatic heterocycles. The molecular weight excluding hydrogens is 344 g/mol. The fourth-order valence-electron chi connectivity index (χ4n) is 2.64. The molecule has 1 aliphatic rings. The molecule has 3 N–H and O–H groups in total. The highest BCUT2D eigenvalue weighted by Gasteiger charge is 2.22. The molecule has 0 spiro atoms. The average Bonchev–Trinajstić information content (AvgIpc) is 2.61. The number of piperazine rings is 1. The van der Waals surface area contributed by atoms with Gasteiger partial charge in [-0.1, -0.05) is 30.3 Å². The number of halogens is 1. The van der Waals surface area contributed by atoms with Gasteiger partial charge in [0.1, 0.15) is 6.04 Å². The molecule has 0 saturated carbocycles. The van der Waals surface area contributed by atoms with Crippen LogP contribution in [-0.2, 0) is 14.4 Å². The molecule has 3 amide bonds. The molecule has 2 rings (SSSR count). The Bertz CT molecular complexity index is 589. The van der Waals surface area contributed by atoms with Crippen LogP contribution >= 0.6 is 12.4 Å². The van der Waals surface area contributed by atoms with E-state index in [4.69, 9.17) is 5.73 Å². The molecule has 1 fully saturated rings. The summed E-state index contributed by atoms with van der Waals surface area (Å²) in [5.41, 5.74) is 6.63. The van der Waals surface area contributed by atoms with Gasteiger partial charge in [-0.25, -0.2) is 0 Å². The van der Waals surface area contributed by atoms with Gasteiger partial charge in [0.05, 0.1) is 0 Å². The molecule has 8 heteroatoms. The third-order valence-corrected chi connectivity index (χ3v) is 4.16. The van der Waals surface area contributed by atoms with E-state index < -0.39 is 6.04 Å². The SMILES string of the molecule is CC(=O)N1CCN(C(=O)CCNC(=O)C(N)c2ccccc2)CC1.Cl. The van der Waals surface area contributed by atoms with Crippen molar-refractivity contribution >= 4 is 30.1 Å². The van der Waals surface area contributed by atoms with Crippen LogP contribution in [0.4, 0.5) is 0 Å². The third kappa shape index (κ3) is 6.03. The van der Waals surface area contributed by atoms with Gasteiger partial charge in [-0.2, -0.15) is 0 Å². The number of nitrogens with two attached hydrogens (primary N) is 1. The Hall–Kier alpha value is -2.12. The molecular formula is C17H25ClN4O3. The summed E-state index contributed by atoms with van der Waals surface area (Å²) in [5.74, 6) is -0.286. The molecule has 0 aliphatic carbocycles. The van der Waals surface area contributed by atoms with Crippen LogP contribution in [0.15, 0.2) is 30.3 Å². The van der Waals surface area contributed by atoms with Gasteiger partial charge >= 0.3 is 0 Å². The molecule has 1 aromatic carbocycles. The van der Waals surface area contributed by atoms with Crippen LogP contribution in [-0.4, -0.2) is 60.2 Å². The number of hydrogen-bond donors (Lipinski definition) is 2. The lowest BCUT2D eigenvalue weighted by Gasteiger charge is -2.34. The summed E-state index contributed by atoms with van der Waals surface area (Å²) in [7, 11) is 0. The first kappa shape index (κ1) is 20.9. The number of amides is 3. The summed E-state index contributed by atoms with van der Waals surface area (Å²) in [5, 5.41) is 2.70. The minimum absolute atomic E-state index is 0. The van der Waals surface area contributed by atoms with Crippen LogP contribution in [0.5, 0.6) is 0 Å². The van der Waals surface area contributed by atoms with Crippen molar-refractivity contribution in [2.24, 2.45) is 5.73 Å². The number of carbonyl (C=O) groups is 3. The normalized spacial score (nSPS) is 15.1. The second-order valence-electron chi connectivity index (χ2n) is 5.82. The van der Waals surface area contributed by atoms with Crippen LogP contribution in [0.3, 0.4) is 0 Å². The predicted octanol–water partition coefficient (Wildman–Crippen LogP) is 0.305. The van der Waals surface area contributed by atoms with Crippen molar-refractivity contribution < 1.29 is 14.4 Å². The van der Waals surface area contributed by atoms with Gasteiger partial charge in [0.2, 0.25) is 17.7 Å². The second kappa shape index (κ2) is 10.0. The average molecular weight is 369 g/mol. The van der Waals surface area contributed by atoms with Crippen molar-refractivity contribution in [3.63, 3.8) is 0 Å². The van der Waals surface area contributed by atoms with Crippen molar-refractivity contribution in [2.45, 2.75) is 19.4 Å². The zero-order chi connectivity index (χ0) is 17.5. The molecule has 25 heavy (non-hydrogen) atoms. The molecule has 138 valence electrons. The van der Waals surface area contributed by atoms with E-state index in [2.05, 4.69) is 5.32 Å². The Balaban J connectivity index is 0.00000312. The molecule has 1 atom stereocenters. The van der Waals surface area contributed by atoms with E-state index in [0.717, 1.165) is 5.56 Å². The van der Waals surface area contributed by atoms with Crippen molar-refractivity contribution in [2.75, 3.05) is 32.7 Å². The predicted molar refractivity (Wildman–Crippen MR) is 97.1 cm³/mol. The van der Waals surface area contributed by atoms with Gasteiger partial charge in [0, 0.05) is 46.1 Å². The quantitative estimate of drug-likeness (QED) is 0.781. The van der Waals surface area contributed by atoms with E-state index in [1.165, 1.54) is 6.92 Å². The van der Waals surface area contributed by atoms with Crippen LogP contribution in [0.25, 0.3) is 0 Å². The minimum Gasteiger partial charge on any atom is -0.354 e. The Morgan fingerprint density at radius 1 is 1.08 bits per heavy atom. The summed E-state index contributed by atoms with van der Waals surface area (Å²) in [6.07, 6.45) is 0.229. The molecule has 0 bridgehead atoms. The lowest BCUT2D eigenvalue weighted by atomic mass is 10.1. The van der Waals surface area contributed by atoms with Crippen molar-refractivity contribution in [1.29, 1.82) is 0 Å². The summed E-state index contributed by atoms with van der Waals surface area (Å²) in [6, 6.07) is 8.37. The van der Waals surface area contributed by atoms with E-state index >= 15 is 0 Å². The lowest BCUT2D eigenvalue weighted by molar-refractivity contribution is -0.138. The number of rotatable bonds is 5. The van der Waals surface area contributed by atoms with Crippen LogP contribution < -0.4 is 11.1 Å². The number of nitrogens with zero attached hydrogens (tertiary/aromatic N) is 2. The first-order valence-corrected chi connectivity index (χ1v) is 8.10.